The lowest BCUT2D eigenvalue weighted by atomic mass is 10.1. The molecule has 4 nitrogen and oxygen atoms in total. The molecule has 0 saturated carbocycles. The fourth-order valence-corrected chi connectivity index (χ4v) is 3.94. The molecule has 0 saturated heterocycles. The lowest BCUT2D eigenvalue weighted by Gasteiger charge is -2.25. The molecule has 0 fully saturated rings. The van der Waals surface area contributed by atoms with E-state index in [1.54, 1.807) is 0 Å². The van der Waals surface area contributed by atoms with Gasteiger partial charge in [0, 0.05) is 23.3 Å². The number of aromatic nitrogens is 4. The molecule has 4 aromatic rings. The highest BCUT2D eigenvalue weighted by molar-refractivity contribution is 5.81. The molecule has 0 radical (unpaired) electrons. The van der Waals surface area contributed by atoms with Crippen LogP contribution >= 0.6 is 0 Å². The first-order chi connectivity index (χ1) is 13.5. The van der Waals surface area contributed by atoms with E-state index in [-0.39, 0.29) is 6.04 Å². The molecule has 2 aromatic carbocycles. The topological polar surface area (TPSA) is 35.6 Å². The summed E-state index contributed by atoms with van der Waals surface area (Å²) in [4.78, 5) is 0. The summed E-state index contributed by atoms with van der Waals surface area (Å²) in [5, 5.41) is 9.68. The Kier molecular flexibility index (Phi) is 3.79. The summed E-state index contributed by atoms with van der Waals surface area (Å²) >= 11 is 0. The van der Waals surface area contributed by atoms with Crippen molar-refractivity contribution in [2.45, 2.75) is 31.6 Å². The third kappa shape index (κ3) is 2.87. The van der Waals surface area contributed by atoms with Crippen molar-refractivity contribution in [2.24, 2.45) is 0 Å². The number of benzene rings is 2. The highest BCUT2D eigenvalue weighted by Gasteiger charge is 2.30. The normalized spacial score (nSPS) is 17.0. The van der Waals surface area contributed by atoms with Crippen LogP contribution in [0.4, 0.5) is 13.2 Å². The van der Waals surface area contributed by atoms with Crippen molar-refractivity contribution in [3.05, 3.63) is 72.1 Å². The molecule has 1 aliphatic heterocycles. The van der Waals surface area contributed by atoms with Crippen molar-refractivity contribution in [3.63, 3.8) is 0 Å². The van der Waals surface area contributed by atoms with Crippen molar-refractivity contribution in [1.29, 1.82) is 0 Å². The minimum atomic E-state index is -4.34. The van der Waals surface area contributed by atoms with E-state index >= 15 is 0 Å². The Morgan fingerprint density at radius 3 is 2.57 bits per heavy atom. The first kappa shape index (κ1) is 17.0. The summed E-state index contributed by atoms with van der Waals surface area (Å²) in [6, 6.07) is 15.8. The fraction of sp³-hybridized carbons (Fsp3) is 0.238. The third-order valence-electron chi connectivity index (χ3n) is 5.42. The summed E-state index contributed by atoms with van der Waals surface area (Å²) in [7, 11) is 0. The molecule has 1 aliphatic rings. The Hall–Kier alpha value is -3.09. The number of nitrogens with zero attached hydrogens (tertiary/aromatic N) is 4. The zero-order chi connectivity index (χ0) is 19.3. The van der Waals surface area contributed by atoms with E-state index in [2.05, 4.69) is 33.1 Å². The SMILES string of the molecule is FC(F)(F)c1ccc(-c2cn(C3CCc4cc5ccccc5n4C3)nn2)cc1. The molecule has 3 heterocycles. The van der Waals surface area contributed by atoms with Crippen LogP contribution < -0.4 is 0 Å². The van der Waals surface area contributed by atoms with Gasteiger partial charge in [0.05, 0.1) is 17.8 Å². The molecule has 0 aliphatic carbocycles. The summed E-state index contributed by atoms with van der Waals surface area (Å²) in [5.41, 5.74) is 3.08. The van der Waals surface area contributed by atoms with Gasteiger partial charge in [0.25, 0.3) is 0 Å². The fourth-order valence-electron chi connectivity index (χ4n) is 3.94. The molecule has 142 valence electrons. The minimum Gasteiger partial charge on any atom is -0.342 e. The molecule has 7 heteroatoms. The van der Waals surface area contributed by atoms with E-state index in [4.69, 9.17) is 0 Å². The van der Waals surface area contributed by atoms with Gasteiger partial charge in [-0.2, -0.15) is 13.2 Å². The molecule has 0 spiro atoms. The number of hydrogen-bond donors (Lipinski definition) is 0. The van der Waals surface area contributed by atoms with Crippen LogP contribution in [0.1, 0.15) is 23.7 Å². The highest BCUT2D eigenvalue weighted by Crippen LogP contribution is 2.32. The molecule has 2 aromatic heterocycles. The van der Waals surface area contributed by atoms with Gasteiger partial charge in [-0.15, -0.1) is 5.10 Å². The van der Waals surface area contributed by atoms with E-state index in [9.17, 15) is 13.2 Å². The summed E-state index contributed by atoms with van der Waals surface area (Å²) in [6.45, 7) is 0.804. The van der Waals surface area contributed by atoms with E-state index in [1.807, 2.05) is 23.0 Å². The number of fused-ring (bicyclic) bond motifs is 3. The molecule has 1 unspecified atom stereocenters. The van der Waals surface area contributed by atoms with E-state index in [1.165, 1.54) is 28.7 Å². The van der Waals surface area contributed by atoms with Crippen LogP contribution in [-0.2, 0) is 19.1 Å². The number of aryl methyl sites for hydroxylation is 1. The molecule has 1 atom stereocenters. The van der Waals surface area contributed by atoms with Crippen LogP contribution in [0.3, 0.4) is 0 Å². The first-order valence-electron chi connectivity index (χ1n) is 9.16. The van der Waals surface area contributed by atoms with Crippen LogP contribution in [0.2, 0.25) is 0 Å². The van der Waals surface area contributed by atoms with Crippen LogP contribution in [0.5, 0.6) is 0 Å². The van der Waals surface area contributed by atoms with Crippen molar-refractivity contribution in [3.8, 4) is 11.3 Å². The molecule has 5 rings (SSSR count). The van der Waals surface area contributed by atoms with Crippen LogP contribution in [0.15, 0.2) is 60.8 Å². The lowest BCUT2D eigenvalue weighted by Crippen LogP contribution is -2.23. The molecule has 0 amide bonds. The van der Waals surface area contributed by atoms with Gasteiger partial charge in [0.15, 0.2) is 0 Å². The Labute approximate surface area is 159 Å². The Bertz CT molecular complexity index is 1140. The smallest absolute Gasteiger partial charge is 0.342 e. The van der Waals surface area contributed by atoms with Crippen molar-refractivity contribution >= 4 is 10.9 Å². The van der Waals surface area contributed by atoms with E-state index in [0.29, 0.717) is 11.3 Å². The standard InChI is InChI=1S/C21H17F3N4/c22-21(23,24)16-7-5-14(6-8-16)19-13-28(26-25-19)18-10-9-17-11-15-3-1-2-4-20(15)27(17)12-18/h1-8,11,13,18H,9-10,12H2. The second-order valence-corrected chi connectivity index (χ2v) is 7.16. The van der Waals surface area contributed by atoms with Crippen molar-refractivity contribution in [1.82, 2.24) is 19.6 Å². The monoisotopic (exact) mass is 382 g/mol. The third-order valence-corrected chi connectivity index (χ3v) is 5.42. The van der Waals surface area contributed by atoms with Gasteiger partial charge in [0.1, 0.15) is 5.69 Å². The van der Waals surface area contributed by atoms with E-state index in [0.717, 1.165) is 31.5 Å². The number of halogens is 3. The largest absolute Gasteiger partial charge is 0.416 e. The number of alkyl halides is 3. The zero-order valence-electron chi connectivity index (χ0n) is 14.9. The average Bonchev–Trinajstić information content (AvgIpc) is 3.32. The first-order valence-corrected chi connectivity index (χ1v) is 9.16. The van der Waals surface area contributed by atoms with Gasteiger partial charge in [-0.1, -0.05) is 35.5 Å². The van der Waals surface area contributed by atoms with Gasteiger partial charge < -0.3 is 4.57 Å². The predicted molar refractivity (Wildman–Crippen MR) is 99.8 cm³/mol. The summed E-state index contributed by atoms with van der Waals surface area (Å²) < 4.78 is 42.4. The molecular weight excluding hydrogens is 365 g/mol. The molecule has 0 N–H and O–H groups in total. The second-order valence-electron chi connectivity index (χ2n) is 7.16. The number of para-hydroxylation sites is 1. The van der Waals surface area contributed by atoms with Crippen molar-refractivity contribution < 1.29 is 13.2 Å². The maximum absolute atomic E-state index is 12.7. The van der Waals surface area contributed by atoms with E-state index < -0.39 is 11.7 Å². The molecular formula is C21H17F3N4. The van der Waals surface area contributed by atoms with Gasteiger partial charge in [-0.05, 0) is 42.5 Å². The summed E-state index contributed by atoms with van der Waals surface area (Å²) in [6.07, 6.45) is -0.611. The lowest BCUT2D eigenvalue weighted by molar-refractivity contribution is -0.137. The highest BCUT2D eigenvalue weighted by atomic mass is 19.4. The zero-order valence-corrected chi connectivity index (χ0v) is 14.9. The van der Waals surface area contributed by atoms with Gasteiger partial charge in [0.2, 0.25) is 0 Å². The Morgan fingerprint density at radius 2 is 1.79 bits per heavy atom. The second kappa shape index (κ2) is 6.22. The molecule has 0 bridgehead atoms. The summed E-state index contributed by atoms with van der Waals surface area (Å²) in [5.74, 6) is 0. The average molecular weight is 382 g/mol. The van der Waals surface area contributed by atoms with Crippen molar-refractivity contribution in [2.75, 3.05) is 0 Å². The maximum Gasteiger partial charge on any atom is 0.416 e. The Balaban J connectivity index is 1.41. The minimum absolute atomic E-state index is 0.166. The number of hydrogen-bond acceptors (Lipinski definition) is 2. The number of rotatable bonds is 2. The van der Waals surface area contributed by atoms with Gasteiger partial charge in [-0.3, -0.25) is 0 Å². The predicted octanol–water partition coefficient (Wildman–Crippen LogP) is 5.11. The molecule has 28 heavy (non-hydrogen) atoms. The van der Waals surface area contributed by atoms with Crippen LogP contribution in [-0.4, -0.2) is 19.6 Å². The van der Waals surface area contributed by atoms with Gasteiger partial charge in [-0.25, -0.2) is 4.68 Å². The quantitative estimate of drug-likeness (QED) is 0.483. The van der Waals surface area contributed by atoms with Gasteiger partial charge >= 0.3 is 6.18 Å². The van der Waals surface area contributed by atoms with Crippen LogP contribution in [0, 0.1) is 0 Å². The van der Waals surface area contributed by atoms with Crippen LogP contribution in [0.25, 0.3) is 22.2 Å². The Morgan fingerprint density at radius 1 is 1.00 bits per heavy atom. The maximum atomic E-state index is 12.7.